The van der Waals surface area contributed by atoms with Crippen molar-refractivity contribution >= 4 is 0 Å². The molecule has 2 saturated heterocycles. The van der Waals surface area contributed by atoms with Crippen molar-refractivity contribution in [2.75, 3.05) is 26.2 Å². The monoisotopic (exact) mass is 1340 g/mol. The van der Waals surface area contributed by atoms with Crippen molar-refractivity contribution in [3.63, 3.8) is 0 Å². The van der Waals surface area contributed by atoms with E-state index in [1.165, 1.54) is 75.8 Å². The van der Waals surface area contributed by atoms with Gasteiger partial charge in [0, 0.05) is 154 Å². The van der Waals surface area contributed by atoms with Gasteiger partial charge in [-0.15, -0.1) is 10.2 Å². The number of hydrogen-bond donors (Lipinski definition) is 0. The Bertz CT molecular complexity index is 2730. The van der Waals surface area contributed by atoms with Crippen LogP contribution in [0.4, 0.5) is 0 Å². The van der Waals surface area contributed by atoms with Gasteiger partial charge < -0.3 is 28.1 Å². The third-order valence-electron chi connectivity index (χ3n) is 15.6. The van der Waals surface area contributed by atoms with E-state index in [9.17, 15) is 0 Å². The van der Waals surface area contributed by atoms with E-state index < -0.39 is 0 Å². The number of imidazole rings is 2. The Balaban J connectivity index is 0.000000534. The molecule has 0 bridgehead atoms. The summed E-state index contributed by atoms with van der Waals surface area (Å²) in [6.07, 6.45) is 41.6. The molecule has 0 N–H and O–H groups in total. The molecule has 0 amide bonds. The fourth-order valence-electron chi connectivity index (χ4n) is 9.27. The molecule has 2 aliphatic heterocycles. The Hall–Kier alpha value is -7.19. The summed E-state index contributed by atoms with van der Waals surface area (Å²) in [5, 5.41) is 27.6. The van der Waals surface area contributed by atoms with Crippen LogP contribution < -0.4 is 0 Å². The summed E-state index contributed by atoms with van der Waals surface area (Å²) in [6, 6.07) is 16.2. The summed E-state index contributed by atoms with van der Waals surface area (Å²) in [5.74, 6) is 0.927. The largest absolute Gasteiger partial charge is 0.352 e. The van der Waals surface area contributed by atoms with Crippen molar-refractivity contribution in [2.45, 2.75) is 299 Å². The first-order valence-electron chi connectivity index (χ1n) is 36.2. The molecule has 0 unspecified atom stereocenters. The predicted octanol–water partition coefficient (Wildman–Crippen LogP) is 19.1. The first-order valence-corrected chi connectivity index (χ1v) is 36.2. The van der Waals surface area contributed by atoms with Crippen molar-refractivity contribution in [3.05, 3.63) is 164 Å². The van der Waals surface area contributed by atoms with Crippen LogP contribution in [0.1, 0.15) is 280 Å². The van der Waals surface area contributed by atoms with Crippen LogP contribution in [0.15, 0.2) is 136 Å². The van der Waals surface area contributed by atoms with E-state index in [0.717, 1.165) is 35.1 Å². The van der Waals surface area contributed by atoms with Crippen molar-refractivity contribution in [1.29, 1.82) is 0 Å². The third-order valence-corrected chi connectivity index (χ3v) is 15.6. The molecule has 2 fully saturated rings. The van der Waals surface area contributed by atoms with Gasteiger partial charge in [-0.2, -0.15) is 15.3 Å². The first kappa shape index (κ1) is 87.8. The second-order valence-electron chi connectivity index (χ2n) is 28.6. The van der Waals surface area contributed by atoms with Crippen LogP contribution in [0.5, 0.6) is 0 Å². The Morgan fingerprint density at radius 1 is 0.371 bits per heavy atom. The highest BCUT2D eigenvalue weighted by molar-refractivity contribution is 5.07. The Labute approximate surface area is 589 Å². The average Bonchev–Trinajstić information content (AvgIpc) is 2.01. The molecule has 97 heavy (non-hydrogen) atoms. The molecular weight excluding hydrogens is 1200 g/mol. The highest BCUT2D eigenvalue weighted by Crippen LogP contribution is 2.17. The lowest BCUT2D eigenvalue weighted by atomic mass is 9.99. The van der Waals surface area contributed by atoms with E-state index in [-0.39, 0.29) is 0 Å². The molecule has 1 atom stereocenters. The molecule has 11 rings (SSSR count). The SMILES string of the molecule is CC(C)N1CCCCCC1.CC(C)N1CCC[C@H](C)C1.CC(C)n1cccc1.CC(C)n1cccn1.CC(C)n1ccnc1.CC(C)n1ccnn1.Cc1ccn(C(C)C)c1.Cc1ccn(C(C)C)n1.Cc1cn(C(C)C)cn1.Cc1cn(C(C)C)nn1.Cc1cnn(C(C)C)c1. The van der Waals surface area contributed by atoms with Gasteiger partial charge in [-0.05, 0) is 280 Å². The minimum absolute atomic E-state index is 0.422. The maximum absolute atomic E-state index is 4.23. The van der Waals surface area contributed by atoms with Gasteiger partial charge in [-0.3, -0.25) is 18.7 Å². The fraction of sp³-hybridized carbons (Fsp3) is 0.649. The molecule has 9 aromatic heterocycles. The van der Waals surface area contributed by atoms with E-state index in [2.05, 4.69) is 271 Å². The maximum Gasteiger partial charge on any atom is 0.0951 e. The molecule has 0 saturated carbocycles. The molecule has 0 radical (unpaired) electrons. The van der Waals surface area contributed by atoms with Crippen LogP contribution in [0.2, 0.25) is 0 Å². The lowest BCUT2D eigenvalue weighted by Crippen LogP contribution is -2.38. The topological polar surface area (TPSA) is 167 Å². The van der Waals surface area contributed by atoms with Crippen LogP contribution >= 0.6 is 0 Å². The van der Waals surface area contributed by atoms with Crippen molar-refractivity contribution in [2.24, 2.45) is 5.92 Å². The van der Waals surface area contributed by atoms with Gasteiger partial charge in [0.1, 0.15) is 0 Å². The summed E-state index contributed by atoms with van der Waals surface area (Å²) >= 11 is 0. The Kier molecular flexibility index (Phi) is 44.7. The predicted molar refractivity (Wildman–Crippen MR) is 407 cm³/mol. The lowest BCUT2D eigenvalue weighted by Gasteiger charge is -2.33. The summed E-state index contributed by atoms with van der Waals surface area (Å²) in [5.41, 5.74) is 5.71. The van der Waals surface area contributed by atoms with Crippen molar-refractivity contribution in [3.8, 4) is 0 Å². The van der Waals surface area contributed by atoms with Gasteiger partial charge in [0.05, 0.1) is 42.1 Å². The normalized spacial score (nSPS) is 13.8. The van der Waals surface area contributed by atoms with E-state index >= 15 is 0 Å². The minimum Gasteiger partial charge on any atom is -0.352 e. The van der Waals surface area contributed by atoms with E-state index in [0.29, 0.717) is 54.4 Å². The summed E-state index contributed by atoms with van der Waals surface area (Å²) in [7, 11) is 0. The van der Waals surface area contributed by atoms with E-state index in [1.54, 1.807) is 23.3 Å². The number of aromatic nitrogens is 18. The summed E-state index contributed by atoms with van der Waals surface area (Å²) in [6.45, 7) is 65.1. The number of likely N-dealkylation sites (tertiary alicyclic amines) is 2. The quantitative estimate of drug-likeness (QED) is 0.121. The number of rotatable bonds is 11. The molecule has 11 heterocycles. The third kappa shape index (κ3) is 40.3. The number of hydrogen-bond acceptors (Lipinski definition) is 11. The van der Waals surface area contributed by atoms with Gasteiger partial charge in [0.25, 0.3) is 0 Å². The van der Waals surface area contributed by atoms with Crippen LogP contribution in [-0.2, 0) is 0 Å². The first-order chi connectivity index (χ1) is 45.7. The Morgan fingerprint density at radius 2 is 0.938 bits per heavy atom. The van der Waals surface area contributed by atoms with Crippen molar-refractivity contribution < 1.29 is 0 Å². The molecule has 20 heteroatoms. The molecule has 9 aromatic rings. The number of nitrogens with zero attached hydrogens (tertiary/aromatic N) is 20. The maximum atomic E-state index is 4.23. The second-order valence-corrected chi connectivity index (χ2v) is 28.6. The summed E-state index contributed by atoms with van der Waals surface area (Å²) in [4.78, 5) is 13.2. The van der Waals surface area contributed by atoms with Crippen LogP contribution in [0.3, 0.4) is 0 Å². The molecular formula is C77H138N20. The van der Waals surface area contributed by atoms with Gasteiger partial charge in [-0.1, -0.05) is 30.2 Å². The minimum atomic E-state index is 0.422. The zero-order valence-electron chi connectivity index (χ0n) is 66.1. The van der Waals surface area contributed by atoms with E-state index in [1.807, 2.05) is 133 Å². The highest BCUT2D eigenvalue weighted by atomic mass is 15.4. The van der Waals surface area contributed by atoms with E-state index in [4.69, 9.17) is 0 Å². The fourth-order valence-corrected chi connectivity index (χ4v) is 9.27. The molecule has 2 aliphatic rings. The van der Waals surface area contributed by atoms with Crippen LogP contribution in [0, 0.1) is 40.5 Å². The zero-order valence-corrected chi connectivity index (χ0v) is 66.1. The second kappa shape index (κ2) is 49.3. The molecule has 20 nitrogen and oxygen atoms in total. The number of aryl methyl sites for hydroxylation is 5. The zero-order chi connectivity index (χ0) is 73.2. The molecule has 0 aliphatic carbocycles. The highest BCUT2D eigenvalue weighted by Gasteiger charge is 2.18. The van der Waals surface area contributed by atoms with Gasteiger partial charge in [-0.25, -0.2) is 14.6 Å². The Morgan fingerprint density at radius 3 is 1.21 bits per heavy atom. The standard InChI is InChI=1S/2C9H19N.C8H13N.3C7H12N2.C7H11N.C6H11N3.2C6H10N2.C5H9N3/c1-8(2)10-6-4-5-9(3)7-10;1-9(2)10-7-5-3-4-6-8-10;1-7(2)9-5-4-8(3)6-9;1-6(2)9-4-7(3)8-5-9;1-6(2)9-5-7(3)4-8-9;1-6(2)9-5-4-7(3)8-9;1-7(2)8-5-3-4-6-8;1-5(2)9-4-6(3)7-8-9;1-6(2)8-4-3-7-5-8;1-6(2)8-5-3-4-7-8;1-5(2)8-4-3-6-7-8/h8-9H,4-7H2,1-3H3;9H,3-8H2,1-2H3;4-7H,1-3H3;3*4-6H,1-3H3;3-7H,1-2H3;4-5H,1-3H3;2*3-6H,1-2H3;3-5H,1-2H3/t9-;;;;;;;;;;/m0........../s1. The smallest absolute Gasteiger partial charge is 0.0951 e. The summed E-state index contributed by atoms with van der Waals surface area (Å²) < 4.78 is 18.0. The average molecular weight is 1340 g/mol. The van der Waals surface area contributed by atoms with Crippen molar-refractivity contribution in [1.82, 2.24) is 97.4 Å². The lowest BCUT2D eigenvalue weighted by molar-refractivity contribution is 0.147. The van der Waals surface area contributed by atoms with Crippen LogP contribution in [0.25, 0.3) is 0 Å². The number of piperidine rings is 1. The van der Waals surface area contributed by atoms with Crippen LogP contribution in [-0.4, -0.2) is 136 Å². The van der Waals surface area contributed by atoms with Gasteiger partial charge in [0.2, 0.25) is 0 Å². The molecule has 0 aromatic carbocycles. The van der Waals surface area contributed by atoms with Gasteiger partial charge in [0.15, 0.2) is 0 Å². The van der Waals surface area contributed by atoms with Gasteiger partial charge >= 0.3 is 0 Å². The molecule has 546 valence electrons. The molecule has 0 spiro atoms.